The molecule has 0 atom stereocenters. The number of rotatable bonds is 4. The number of pyridine rings is 1. The van der Waals surface area contributed by atoms with Crippen LogP contribution < -0.4 is 5.32 Å². The number of nitrogens with one attached hydrogen (secondary N) is 2. The SMILES string of the molecule is N=Cc1ccc(Br)cc1Nc1cccc(C(F)F)n1. The first-order valence-corrected chi connectivity index (χ1v) is 6.21. The van der Waals surface area contributed by atoms with Gasteiger partial charge < -0.3 is 10.7 Å². The van der Waals surface area contributed by atoms with Crippen LogP contribution in [0.4, 0.5) is 20.3 Å². The first kappa shape index (κ1) is 13.6. The molecule has 98 valence electrons. The van der Waals surface area contributed by atoms with Gasteiger partial charge in [-0.25, -0.2) is 13.8 Å². The van der Waals surface area contributed by atoms with Crippen LogP contribution in [-0.4, -0.2) is 11.2 Å². The van der Waals surface area contributed by atoms with E-state index in [4.69, 9.17) is 5.41 Å². The van der Waals surface area contributed by atoms with Crippen molar-refractivity contribution in [3.63, 3.8) is 0 Å². The molecule has 2 N–H and O–H groups in total. The van der Waals surface area contributed by atoms with Gasteiger partial charge in [0, 0.05) is 21.9 Å². The Morgan fingerprint density at radius 1 is 1.26 bits per heavy atom. The topological polar surface area (TPSA) is 48.8 Å². The van der Waals surface area contributed by atoms with Gasteiger partial charge in [0.1, 0.15) is 11.5 Å². The van der Waals surface area contributed by atoms with Crippen molar-refractivity contribution < 1.29 is 8.78 Å². The fourth-order valence-electron chi connectivity index (χ4n) is 1.54. The van der Waals surface area contributed by atoms with Crippen LogP contribution >= 0.6 is 15.9 Å². The van der Waals surface area contributed by atoms with E-state index in [-0.39, 0.29) is 5.69 Å². The molecule has 6 heteroatoms. The molecule has 2 rings (SSSR count). The zero-order chi connectivity index (χ0) is 13.8. The van der Waals surface area contributed by atoms with Crippen molar-refractivity contribution in [1.29, 1.82) is 5.41 Å². The number of hydrogen-bond acceptors (Lipinski definition) is 3. The summed E-state index contributed by atoms with van der Waals surface area (Å²) in [6.07, 6.45) is -1.42. The second kappa shape index (κ2) is 5.88. The van der Waals surface area contributed by atoms with E-state index in [1.165, 1.54) is 18.3 Å². The van der Waals surface area contributed by atoms with E-state index in [1.54, 1.807) is 24.3 Å². The zero-order valence-electron chi connectivity index (χ0n) is 9.70. The predicted molar refractivity (Wildman–Crippen MR) is 74.5 cm³/mol. The second-order valence-electron chi connectivity index (χ2n) is 3.75. The van der Waals surface area contributed by atoms with Crippen molar-refractivity contribution in [2.45, 2.75) is 6.43 Å². The average molecular weight is 326 g/mol. The number of aromatic nitrogens is 1. The molecule has 1 aromatic carbocycles. The lowest BCUT2D eigenvalue weighted by atomic mass is 10.2. The summed E-state index contributed by atoms with van der Waals surface area (Å²) in [5, 5.41) is 10.2. The van der Waals surface area contributed by atoms with E-state index >= 15 is 0 Å². The van der Waals surface area contributed by atoms with Gasteiger partial charge in [-0.15, -0.1) is 0 Å². The molecule has 1 heterocycles. The van der Waals surface area contributed by atoms with E-state index in [9.17, 15) is 8.78 Å². The van der Waals surface area contributed by atoms with Gasteiger partial charge in [0.2, 0.25) is 0 Å². The van der Waals surface area contributed by atoms with Crippen molar-refractivity contribution in [3.05, 3.63) is 52.1 Å². The van der Waals surface area contributed by atoms with Crippen LogP contribution in [0.2, 0.25) is 0 Å². The highest BCUT2D eigenvalue weighted by molar-refractivity contribution is 9.10. The Kier molecular flexibility index (Phi) is 4.21. The lowest BCUT2D eigenvalue weighted by molar-refractivity contribution is 0.146. The van der Waals surface area contributed by atoms with Crippen molar-refractivity contribution >= 4 is 33.6 Å². The van der Waals surface area contributed by atoms with Crippen molar-refractivity contribution in [2.75, 3.05) is 5.32 Å². The summed E-state index contributed by atoms with van der Waals surface area (Å²) in [7, 11) is 0. The first-order valence-electron chi connectivity index (χ1n) is 5.42. The zero-order valence-corrected chi connectivity index (χ0v) is 11.3. The minimum Gasteiger partial charge on any atom is -0.340 e. The fourth-order valence-corrected chi connectivity index (χ4v) is 1.90. The Morgan fingerprint density at radius 2 is 2.05 bits per heavy atom. The number of alkyl halides is 2. The smallest absolute Gasteiger partial charge is 0.280 e. The average Bonchev–Trinajstić information content (AvgIpc) is 2.39. The summed E-state index contributed by atoms with van der Waals surface area (Å²) in [6, 6.07) is 9.69. The molecule has 1 aromatic heterocycles. The van der Waals surface area contributed by atoms with Gasteiger partial charge in [0.15, 0.2) is 0 Å². The molecule has 2 aromatic rings. The number of nitrogens with zero attached hydrogens (tertiary/aromatic N) is 1. The van der Waals surface area contributed by atoms with Crippen LogP contribution in [0.25, 0.3) is 0 Å². The number of halogens is 3. The highest BCUT2D eigenvalue weighted by Crippen LogP contribution is 2.24. The molecule has 0 saturated carbocycles. The molecule has 0 fully saturated rings. The third-order valence-corrected chi connectivity index (χ3v) is 2.92. The number of benzene rings is 1. The molecule has 0 aliphatic carbocycles. The largest absolute Gasteiger partial charge is 0.340 e. The highest BCUT2D eigenvalue weighted by Gasteiger charge is 2.09. The van der Waals surface area contributed by atoms with E-state index in [2.05, 4.69) is 26.2 Å². The molecule has 19 heavy (non-hydrogen) atoms. The van der Waals surface area contributed by atoms with Gasteiger partial charge in [-0.2, -0.15) is 0 Å². The van der Waals surface area contributed by atoms with Gasteiger partial charge in [0.25, 0.3) is 6.43 Å². The first-order chi connectivity index (χ1) is 9.10. The van der Waals surface area contributed by atoms with Gasteiger partial charge in [0.05, 0.1) is 0 Å². The van der Waals surface area contributed by atoms with Gasteiger partial charge >= 0.3 is 0 Å². The molecule has 0 amide bonds. The lowest BCUT2D eigenvalue weighted by Crippen LogP contribution is -1.99. The van der Waals surface area contributed by atoms with E-state index < -0.39 is 6.43 Å². The quantitative estimate of drug-likeness (QED) is 0.812. The summed E-state index contributed by atoms with van der Waals surface area (Å²) in [5.74, 6) is 0.319. The minimum absolute atomic E-state index is 0.281. The third kappa shape index (κ3) is 3.35. The Hall–Kier alpha value is -1.82. The number of hydrogen-bond donors (Lipinski definition) is 2. The fraction of sp³-hybridized carbons (Fsp3) is 0.0769. The second-order valence-corrected chi connectivity index (χ2v) is 4.66. The van der Waals surface area contributed by atoms with Crippen LogP contribution in [0.5, 0.6) is 0 Å². The van der Waals surface area contributed by atoms with E-state index in [0.717, 1.165) is 4.47 Å². The summed E-state index contributed by atoms with van der Waals surface area (Å²) in [6.45, 7) is 0. The van der Waals surface area contributed by atoms with E-state index in [0.29, 0.717) is 17.1 Å². The van der Waals surface area contributed by atoms with E-state index in [1.807, 2.05) is 0 Å². The standard InChI is InChI=1S/C13H10BrF2N3/c14-9-5-4-8(7-17)11(6-9)19-12-3-1-2-10(18-12)13(15)16/h1-7,13,17H,(H,18,19). The third-order valence-electron chi connectivity index (χ3n) is 2.43. The van der Waals surface area contributed by atoms with Gasteiger partial charge in [-0.05, 0) is 24.3 Å². The highest BCUT2D eigenvalue weighted by atomic mass is 79.9. The van der Waals surface area contributed by atoms with Crippen LogP contribution in [0.1, 0.15) is 17.7 Å². The molecule has 0 unspecified atom stereocenters. The molecular weight excluding hydrogens is 316 g/mol. The predicted octanol–water partition coefficient (Wildman–Crippen LogP) is 4.52. The Morgan fingerprint density at radius 3 is 2.74 bits per heavy atom. The van der Waals surface area contributed by atoms with Crippen molar-refractivity contribution in [1.82, 2.24) is 4.98 Å². The molecule has 0 saturated heterocycles. The Bertz CT molecular complexity index is 602. The Balaban J connectivity index is 2.33. The molecule has 0 aliphatic heterocycles. The van der Waals surface area contributed by atoms with Crippen LogP contribution in [0.15, 0.2) is 40.9 Å². The normalized spacial score (nSPS) is 10.5. The van der Waals surface area contributed by atoms with Crippen molar-refractivity contribution in [2.24, 2.45) is 0 Å². The van der Waals surface area contributed by atoms with Crippen LogP contribution in [0.3, 0.4) is 0 Å². The van der Waals surface area contributed by atoms with Crippen LogP contribution in [0, 0.1) is 5.41 Å². The minimum atomic E-state index is -2.61. The molecule has 3 nitrogen and oxygen atoms in total. The summed E-state index contributed by atoms with van der Waals surface area (Å²) in [4.78, 5) is 3.82. The summed E-state index contributed by atoms with van der Waals surface area (Å²) in [5.41, 5.74) is 0.993. The molecule has 0 radical (unpaired) electrons. The lowest BCUT2D eigenvalue weighted by Gasteiger charge is -2.10. The number of anilines is 2. The maximum Gasteiger partial charge on any atom is 0.280 e. The van der Waals surface area contributed by atoms with Gasteiger partial charge in [-0.1, -0.05) is 28.1 Å². The molecule has 0 spiro atoms. The van der Waals surface area contributed by atoms with Gasteiger partial charge in [-0.3, -0.25) is 0 Å². The maximum atomic E-state index is 12.6. The van der Waals surface area contributed by atoms with Crippen molar-refractivity contribution in [3.8, 4) is 0 Å². The Labute approximate surface area is 117 Å². The maximum absolute atomic E-state index is 12.6. The molecular formula is C13H10BrF2N3. The summed E-state index contributed by atoms with van der Waals surface area (Å²) >= 11 is 3.32. The molecule has 0 aliphatic rings. The molecule has 0 bridgehead atoms. The van der Waals surface area contributed by atoms with Crippen LogP contribution in [-0.2, 0) is 0 Å². The summed E-state index contributed by atoms with van der Waals surface area (Å²) < 4.78 is 25.9. The monoisotopic (exact) mass is 325 g/mol.